The number of thioether (sulfide) groups is 1. The SMILES string of the molecule is COC(=O)C1=C[N+]2=C(C)CSC2=N1. The van der Waals surface area contributed by atoms with Crippen molar-refractivity contribution in [2.75, 3.05) is 12.9 Å². The van der Waals surface area contributed by atoms with Gasteiger partial charge >= 0.3 is 11.1 Å². The van der Waals surface area contributed by atoms with Gasteiger partial charge in [-0.25, -0.2) is 4.79 Å². The van der Waals surface area contributed by atoms with Gasteiger partial charge in [0.1, 0.15) is 0 Å². The van der Waals surface area contributed by atoms with Gasteiger partial charge in [0.15, 0.2) is 6.20 Å². The van der Waals surface area contributed by atoms with Crippen LogP contribution in [-0.4, -0.2) is 34.3 Å². The lowest BCUT2D eigenvalue weighted by molar-refractivity contribution is -0.312. The number of carbonyl (C=O) groups is 1. The van der Waals surface area contributed by atoms with E-state index in [9.17, 15) is 4.79 Å². The highest BCUT2D eigenvalue weighted by molar-refractivity contribution is 8.14. The van der Waals surface area contributed by atoms with E-state index in [2.05, 4.69) is 9.73 Å². The van der Waals surface area contributed by atoms with E-state index >= 15 is 0 Å². The maximum atomic E-state index is 11.1. The maximum Gasteiger partial charge on any atom is 0.386 e. The van der Waals surface area contributed by atoms with Gasteiger partial charge in [0, 0.05) is 0 Å². The third-order valence-corrected chi connectivity index (χ3v) is 3.00. The molecule has 13 heavy (non-hydrogen) atoms. The lowest BCUT2D eigenvalue weighted by Gasteiger charge is -1.88. The van der Waals surface area contributed by atoms with E-state index in [0.29, 0.717) is 5.70 Å². The number of hydrogen-bond acceptors (Lipinski definition) is 4. The molecule has 2 aliphatic heterocycles. The number of esters is 1. The van der Waals surface area contributed by atoms with Crippen molar-refractivity contribution in [2.45, 2.75) is 6.92 Å². The third-order valence-electron chi connectivity index (χ3n) is 1.89. The average Bonchev–Trinajstić information content (AvgIpc) is 2.67. The molecular formula is C8H9N2O2S+. The molecule has 0 amide bonds. The van der Waals surface area contributed by atoms with Crippen molar-refractivity contribution in [1.82, 2.24) is 0 Å². The molecule has 0 aromatic carbocycles. The highest BCUT2D eigenvalue weighted by atomic mass is 32.2. The largest absolute Gasteiger partial charge is 0.463 e. The summed E-state index contributed by atoms with van der Waals surface area (Å²) >= 11 is 1.63. The second-order valence-corrected chi connectivity index (χ2v) is 3.74. The Morgan fingerprint density at radius 2 is 2.54 bits per heavy atom. The van der Waals surface area contributed by atoms with Crippen molar-refractivity contribution in [2.24, 2.45) is 4.99 Å². The summed E-state index contributed by atoms with van der Waals surface area (Å²) in [6.45, 7) is 2.02. The number of nitrogens with zero attached hydrogens (tertiary/aromatic N) is 2. The van der Waals surface area contributed by atoms with E-state index in [4.69, 9.17) is 0 Å². The van der Waals surface area contributed by atoms with Crippen LogP contribution in [-0.2, 0) is 9.53 Å². The molecule has 0 aliphatic carbocycles. The minimum atomic E-state index is -0.379. The first-order valence-electron chi connectivity index (χ1n) is 3.85. The topological polar surface area (TPSA) is 41.7 Å². The van der Waals surface area contributed by atoms with E-state index in [1.807, 2.05) is 11.5 Å². The monoisotopic (exact) mass is 197 g/mol. The smallest absolute Gasteiger partial charge is 0.386 e. The summed E-state index contributed by atoms with van der Waals surface area (Å²) < 4.78 is 6.50. The molecule has 2 aliphatic rings. The molecule has 0 N–H and O–H groups in total. The standard InChI is InChI=1S/C8H9N2O2S/c1-5-4-13-8-9-6(3-10(5)8)7(11)12-2/h3H,4H2,1-2H3/q+1. The Hall–Kier alpha value is -1.10. The number of amidine groups is 1. The molecule has 0 bridgehead atoms. The summed E-state index contributed by atoms with van der Waals surface area (Å²) in [4.78, 5) is 15.3. The minimum absolute atomic E-state index is 0.379. The number of carbonyl (C=O) groups excluding carboxylic acids is 1. The molecule has 0 radical (unpaired) electrons. The minimum Gasteiger partial charge on any atom is -0.463 e. The molecule has 0 aromatic heterocycles. The lowest BCUT2D eigenvalue weighted by atomic mass is 10.4. The summed E-state index contributed by atoms with van der Waals surface area (Å²) in [5.41, 5.74) is 1.58. The van der Waals surface area contributed by atoms with Crippen LogP contribution in [0.25, 0.3) is 0 Å². The molecule has 4 nitrogen and oxygen atoms in total. The van der Waals surface area contributed by atoms with Crippen LogP contribution in [0.2, 0.25) is 0 Å². The summed E-state index contributed by atoms with van der Waals surface area (Å²) in [6.07, 6.45) is 1.72. The number of ether oxygens (including phenoxy) is 1. The number of aliphatic imine (C=N–C) groups is 1. The van der Waals surface area contributed by atoms with E-state index < -0.39 is 0 Å². The van der Waals surface area contributed by atoms with Crippen LogP contribution in [0.1, 0.15) is 6.92 Å². The third kappa shape index (κ3) is 1.29. The van der Waals surface area contributed by atoms with Crippen LogP contribution >= 0.6 is 11.8 Å². The second-order valence-electron chi connectivity index (χ2n) is 2.79. The second kappa shape index (κ2) is 2.99. The first-order chi connectivity index (χ1) is 6.22. The predicted molar refractivity (Wildman–Crippen MR) is 50.9 cm³/mol. The molecule has 0 saturated carbocycles. The normalized spacial score (nSPS) is 19.8. The molecule has 0 atom stereocenters. The molecule has 0 fully saturated rings. The van der Waals surface area contributed by atoms with Gasteiger partial charge in [0.25, 0.3) is 5.70 Å². The van der Waals surface area contributed by atoms with Crippen molar-refractivity contribution in [3.8, 4) is 0 Å². The highest BCUT2D eigenvalue weighted by Gasteiger charge is 2.35. The summed E-state index contributed by atoms with van der Waals surface area (Å²) in [7, 11) is 1.36. The molecule has 68 valence electrons. The maximum absolute atomic E-state index is 11.1. The Labute approximate surface area is 80.0 Å². The zero-order chi connectivity index (χ0) is 9.42. The van der Waals surface area contributed by atoms with Gasteiger partial charge in [-0.1, -0.05) is 0 Å². The zero-order valence-electron chi connectivity index (χ0n) is 7.40. The molecule has 0 saturated heterocycles. The van der Waals surface area contributed by atoms with E-state index in [0.717, 1.165) is 10.9 Å². The Balaban J connectivity index is 2.34. The Kier molecular flexibility index (Phi) is 1.95. The molecule has 0 unspecified atom stereocenters. The van der Waals surface area contributed by atoms with Crippen molar-refractivity contribution in [3.05, 3.63) is 11.9 Å². The lowest BCUT2D eigenvalue weighted by Crippen LogP contribution is -2.08. The van der Waals surface area contributed by atoms with Gasteiger partial charge in [-0.2, -0.15) is 4.58 Å². The molecular weight excluding hydrogens is 188 g/mol. The van der Waals surface area contributed by atoms with Gasteiger partial charge in [-0.15, -0.1) is 0 Å². The van der Waals surface area contributed by atoms with Crippen LogP contribution in [0, 0.1) is 0 Å². The fourth-order valence-electron chi connectivity index (χ4n) is 1.18. The quantitative estimate of drug-likeness (QED) is 0.456. The van der Waals surface area contributed by atoms with Crippen LogP contribution in [0.3, 0.4) is 0 Å². The van der Waals surface area contributed by atoms with Gasteiger partial charge < -0.3 is 4.74 Å². The number of fused-ring (bicyclic) bond motifs is 1. The van der Waals surface area contributed by atoms with Gasteiger partial charge in [0.2, 0.25) is 0 Å². The van der Waals surface area contributed by atoms with Crippen molar-refractivity contribution in [1.29, 1.82) is 0 Å². The average molecular weight is 197 g/mol. The molecule has 2 heterocycles. The van der Waals surface area contributed by atoms with Gasteiger partial charge in [-0.05, 0) is 23.7 Å². The summed E-state index contributed by atoms with van der Waals surface area (Å²) in [6, 6.07) is 0. The Morgan fingerprint density at radius 3 is 3.15 bits per heavy atom. The fourth-order valence-corrected chi connectivity index (χ4v) is 2.17. The van der Waals surface area contributed by atoms with Crippen LogP contribution in [0.15, 0.2) is 16.9 Å². The predicted octanol–water partition coefficient (Wildman–Crippen LogP) is 0.591. The van der Waals surface area contributed by atoms with Crippen molar-refractivity contribution in [3.63, 3.8) is 0 Å². The molecule has 0 spiro atoms. The number of rotatable bonds is 1. The first kappa shape index (κ1) is 8.50. The van der Waals surface area contributed by atoms with E-state index in [1.165, 1.54) is 12.8 Å². The fraction of sp³-hybridized carbons (Fsp3) is 0.375. The van der Waals surface area contributed by atoms with Crippen LogP contribution in [0.5, 0.6) is 0 Å². The highest BCUT2D eigenvalue weighted by Crippen LogP contribution is 2.22. The van der Waals surface area contributed by atoms with Crippen LogP contribution < -0.4 is 0 Å². The Morgan fingerprint density at radius 1 is 1.77 bits per heavy atom. The van der Waals surface area contributed by atoms with Crippen molar-refractivity contribution < 1.29 is 14.1 Å². The van der Waals surface area contributed by atoms with Gasteiger partial charge in [0.05, 0.1) is 18.6 Å². The molecule has 2 rings (SSSR count). The Bertz CT molecular complexity index is 368. The zero-order valence-corrected chi connectivity index (χ0v) is 8.22. The van der Waals surface area contributed by atoms with E-state index in [1.54, 1.807) is 18.0 Å². The molecule has 5 heteroatoms. The first-order valence-corrected chi connectivity index (χ1v) is 4.84. The van der Waals surface area contributed by atoms with Crippen molar-refractivity contribution >= 4 is 28.6 Å². The number of hydrogen-bond donors (Lipinski definition) is 0. The summed E-state index contributed by atoms with van der Waals surface area (Å²) in [5.74, 6) is 0.569. The number of methoxy groups -OCH3 is 1. The van der Waals surface area contributed by atoms with Gasteiger partial charge in [-0.3, -0.25) is 0 Å². The van der Waals surface area contributed by atoms with E-state index in [-0.39, 0.29) is 5.97 Å². The van der Waals surface area contributed by atoms with Crippen LogP contribution in [0.4, 0.5) is 0 Å². The molecule has 0 aromatic rings. The summed E-state index contributed by atoms with van der Waals surface area (Å²) in [5, 5.41) is 0.873.